The van der Waals surface area contributed by atoms with Crippen molar-refractivity contribution in [3.05, 3.63) is 66.2 Å². The Balaban J connectivity index is 1.75. The minimum atomic E-state index is -3.94. The van der Waals surface area contributed by atoms with Gasteiger partial charge in [-0.2, -0.15) is 5.26 Å². The number of nitrogens with zero attached hydrogens (tertiary/aromatic N) is 5. The second-order valence-electron chi connectivity index (χ2n) is 7.48. The molecule has 11 nitrogen and oxygen atoms in total. The van der Waals surface area contributed by atoms with Crippen molar-refractivity contribution in [1.29, 1.82) is 5.26 Å². The second-order valence-corrected chi connectivity index (χ2v) is 9.58. The first-order chi connectivity index (χ1) is 16.9. The van der Waals surface area contributed by atoms with Gasteiger partial charge in [-0.1, -0.05) is 6.07 Å². The number of sulfonamides is 1. The second kappa shape index (κ2) is 9.86. The molecule has 0 bridgehead atoms. The molecule has 0 fully saturated rings. The molecule has 0 saturated carbocycles. The molecule has 180 valence electrons. The Morgan fingerprint density at radius 1 is 1.11 bits per heavy atom. The Labute approximate surface area is 202 Å². The van der Waals surface area contributed by atoms with Gasteiger partial charge >= 0.3 is 0 Å². The molecule has 0 aliphatic rings. The van der Waals surface area contributed by atoms with E-state index in [4.69, 9.17) is 19.2 Å². The number of anilines is 1. The van der Waals surface area contributed by atoms with Gasteiger partial charge in [0.05, 0.1) is 31.3 Å². The molecule has 4 aromatic rings. The standard InChI is InChI=1S/C23H22N6O5S/c1-15(12-17-10-9-16(13-24)14-25-17)35(30,31)28-23-27-26-22(20-8-5-11-34-20)29(23)21-18(32-2)6-4-7-19(21)33-3/h4-11,14-15H,12H2,1-3H3,(H,27,28)/t15-/m0/s1. The molecule has 12 heteroatoms. The molecule has 3 heterocycles. The number of furan rings is 1. The van der Waals surface area contributed by atoms with Crippen molar-refractivity contribution < 1.29 is 22.3 Å². The van der Waals surface area contributed by atoms with Gasteiger partial charge in [0, 0.05) is 18.3 Å². The predicted molar refractivity (Wildman–Crippen MR) is 127 cm³/mol. The van der Waals surface area contributed by atoms with Gasteiger partial charge in [0.25, 0.3) is 0 Å². The molecule has 0 aliphatic carbocycles. The van der Waals surface area contributed by atoms with Crippen LogP contribution in [0.1, 0.15) is 18.2 Å². The van der Waals surface area contributed by atoms with Crippen molar-refractivity contribution >= 4 is 16.0 Å². The zero-order chi connectivity index (χ0) is 25.0. The van der Waals surface area contributed by atoms with E-state index < -0.39 is 15.3 Å². The maximum atomic E-state index is 13.3. The van der Waals surface area contributed by atoms with E-state index in [0.717, 1.165) is 0 Å². The van der Waals surface area contributed by atoms with Gasteiger partial charge in [-0.3, -0.25) is 14.3 Å². The topological polar surface area (TPSA) is 145 Å². The average molecular weight is 495 g/mol. The summed E-state index contributed by atoms with van der Waals surface area (Å²) in [4.78, 5) is 4.17. The first kappa shape index (κ1) is 23.8. The monoisotopic (exact) mass is 494 g/mol. The Morgan fingerprint density at radius 2 is 1.86 bits per heavy atom. The Hall–Kier alpha value is -4.37. The van der Waals surface area contributed by atoms with Crippen LogP contribution in [0.4, 0.5) is 5.95 Å². The van der Waals surface area contributed by atoms with E-state index >= 15 is 0 Å². The van der Waals surface area contributed by atoms with E-state index in [9.17, 15) is 8.42 Å². The van der Waals surface area contributed by atoms with Gasteiger partial charge in [-0.05, 0) is 43.3 Å². The zero-order valence-electron chi connectivity index (χ0n) is 19.2. The van der Waals surface area contributed by atoms with Crippen LogP contribution >= 0.6 is 0 Å². The largest absolute Gasteiger partial charge is 0.494 e. The van der Waals surface area contributed by atoms with Crippen LogP contribution in [0.5, 0.6) is 11.5 Å². The quantitative estimate of drug-likeness (QED) is 0.371. The molecule has 1 atom stereocenters. The summed E-state index contributed by atoms with van der Waals surface area (Å²) in [5.41, 5.74) is 1.32. The molecular weight excluding hydrogens is 472 g/mol. The van der Waals surface area contributed by atoms with Gasteiger partial charge in [0.15, 0.2) is 5.76 Å². The minimum Gasteiger partial charge on any atom is -0.494 e. The number of aromatic nitrogens is 4. The van der Waals surface area contributed by atoms with Gasteiger partial charge in [0.1, 0.15) is 23.3 Å². The van der Waals surface area contributed by atoms with Crippen molar-refractivity contribution in [3.63, 3.8) is 0 Å². The van der Waals surface area contributed by atoms with E-state index in [1.165, 1.54) is 31.2 Å². The smallest absolute Gasteiger partial charge is 0.243 e. The van der Waals surface area contributed by atoms with Crippen LogP contribution in [0.2, 0.25) is 0 Å². The molecule has 4 rings (SSSR count). The molecule has 0 radical (unpaired) electrons. The van der Waals surface area contributed by atoms with Crippen LogP contribution in [0, 0.1) is 11.3 Å². The van der Waals surface area contributed by atoms with Crippen LogP contribution in [-0.4, -0.2) is 47.6 Å². The molecule has 35 heavy (non-hydrogen) atoms. The lowest BCUT2D eigenvalue weighted by Crippen LogP contribution is -2.29. The number of para-hydroxylation sites is 1. The molecule has 0 unspecified atom stereocenters. The number of nitrogens with one attached hydrogen (secondary N) is 1. The van der Waals surface area contributed by atoms with Crippen molar-refractivity contribution in [2.75, 3.05) is 18.9 Å². The van der Waals surface area contributed by atoms with Crippen molar-refractivity contribution in [1.82, 2.24) is 19.7 Å². The van der Waals surface area contributed by atoms with Crippen molar-refractivity contribution in [2.24, 2.45) is 0 Å². The lowest BCUT2D eigenvalue weighted by atomic mass is 10.2. The van der Waals surface area contributed by atoms with Gasteiger partial charge in [-0.15, -0.1) is 10.2 Å². The number of hydrogen-bond donors (Lipinski definition) is 1. The molecule has 0 spiro atoms. The third-order valence-corrected chi connectivity index (χ3v) is 6.94. The minimum absolute atomic E-state index is 0.0705. The predicted octanol–water partition coefficient (Wildman–Crippen LogP) is 3.18. The summed E-state index contributed by atoms with van der Waals surface area (Å²) in [6, 6.07) is 13.7. The van der Waals surface area contributed by atoms with Crippen molar-refractivity contribution in [2.45, 2.75) is 18.6 Å². The van der Waals surface area contributed by atoms with Gasteiger partial charge in [0.2, 0.25) is 21.8 Å². The Morgan fingerprint density at radius 3 is 2.43 bits per heavy atom. The van der Waals surface area contributed by atoms with Gasteiger partial charge in [-0.25, -0.2) is 8.42 Å². The molecule has 1 N–H and O–H groups in total. The van der Waals surface area contributed by atoms with E-state index in [2.05, 4.69) is 19.9 Å². The fourth-order valence-corrected chi connectivity index (χ4v) is 4.40. The highest BCUT2D eigenvalue weighted by Crippen LogP contribution is 2.37. The highest BCUT2D eigenvalue weighted by Gasteiger charge is 2.28. The SMILES string of the molecule is COc1cccc(OC)c1-n1c(NS(=O)(=O)[C@@H](C)Cc2ccc(C#N)cn2)nnc1-c1ccco1. The summed E-state index contributed by atoms with van der Waals surface area (Å²) < 4.78 is 47.1. The number of pyridine rings is 1. The maximum Gasteiger partial charge on any atom is 0.243 e. The first-order valence-electron chi connectivity index (χ1n) is 10.4. The molecule has 0 saturated heterocycles. The fourth-order valence-electron chi connectivity index (χ4n) is 3.42. The Kier molecular flexibility index (Phi) is 6.70. The van der Waals surface area contributed by atoms with E-state index in [-0.39, 0.29) is 18.2 Å². The summed E-state index contributed by atoms with van der Waals surface area (Å²) in [6.07, 6.45) is 3.00. The van der Waals surface area contributed by atoms with E-state index in [0.29, 0.717) is 34.2 Å². The van der Waals surface area contributed by atoms with Crippen LogP contribution in [0.15, 0.2) is 59.3 Å². The molecule has 1 aromatic carbocycles. The number of methoxy groups -OCH3 is 2. The fraction of sp³-hybridized carbons (Fsp3) is 0.217. The average Bonchev–Trinajstić information content (AvgIpc) is 3.53. The first-order valence-corrected chi connectivity index (χ1v) is 12.0. The van der Waals surface area contributed by atoms with Gasteiger partial charge < -0.3 is 13.9 Å². The maximum absolute atomic E-state index is 13.3. The number of rotatable bonds is 9. The van der Waals surface area contributed by atoms with E-state index in [1.54, 1.807) is 49.4 Å². The highest BCUT2D eigenvalue weighted by molar-refractivity contribution is 7.93. The van der Waals surface area contributed by atoms with Crippen molar-refractivity contribution in [3.8, 4) is 34.8 Å². The highest BCUT2D eigenvalue weighted by atomic mass is 32.2. The summed E-state index contributed by atoms with van der Waals surface area (Å²) in [5.74, 6) is 1.36. The summed E-state index contributed by atoms with van der Waals surface area (Å²) in [7, 11) is -0.959. The van der Waals surface area contributed by atoms with Crippen LogP contribution in [0.25, 0.3) is 17.3 Å². The summed E-state index contributed by atoms with van der Waals surface area (Å²) in [6.45, 7) is 1.56. The number of benzene rings is 1. The summed E-state index contributed by atoms with van der Waals surface area (Å²) >= 11 is 0. The molecular formula is C23H22N6O5S. The molecule has 3 aromatic heterocycles. The van der Waals surface area contributed by atoms with Crippen LogP contribution < -0.4 is 14.2 Å². The molecule has 0 amide bonds. The number of hydrogen-bond acceptors (Lipinski definition) is 9. The van der Waals surface area contributed by atoms with Crippen LogP contribution in [-0.2, 0) is 16.4 Å². The summed E-state index contributed by atoms with van der Waals surface area (Å²) in [5, 5.41) is 16.3. The Bertz CT molecular complexity index is 1440. The van der Waals surface area contributed by atoms with E-state index in [1.807, 2.05) is 6.07 Å². The zero-order valence-corrected chi connectivity index (χ0v) is 20.0. The molecule has 0 aliphatic heterocycles. The third-order valence-electron chi connectivity index (χ3n) is 5.24. The number of nitriles is 1. The normalized spacial score (nSPS) is 12.1. The van der Waals surface area contributed by atoms with Crippen LogP contribution in [0.3, 0.4) is 0 Å². The lowest BCUT2D eigenvalue weighted by Gasteiger charge is -2.18. The number of ether oxygens (including phenoxy) is 2. The lowest BCUT2D eigenvalue weighted by molar-refractivity contribution is 0.391. The third kappa shape index (κ3) is 4.80.